The summed E-state index contributed by atoms with van der Waals surface area (Å²) in [6, 6.07) is 23.6. The Morgan fingerprint density at radius 2 is 1.57 bits per heavy atom. The van der Waals surface area contributed by atoms with Gasteiger partial charge in [0.25, 0.3) is 0 Å². The van der Waals surface area contributed by atoms with Crippen LogP contribution in [0.15, 0.2) is 78.9 Å². The van der Waals surface area contributed by atoms with Crippen molar-refractivity contribution in [2.45, 2.75) is 65.1 Å². The Hall–Kier alpha value is -3.85. The zero-order valence-corrected chi connectivity index (χ0v) is 26.1. The number of ether oxygens (including phenoxy) is 1. The fourth-order valence-corrected chi connectivity index (χ4v) is 5.60. The van der Waals surface area contributed by atoms with E-state index in [1.54, 1.807) is 36.3 Å². The minimum absolute atomic E-state index is 0.0417. The molecule has 9 heteroatoms. The monoisotopic (exact) mass is 593 g/mol. The molecule has 3 aromatic carbocycles. The number of nitrogens with one attached hydrogen (secondary N) is 1. The Bertz CT molecular complexity index is 1390. The molecule has 0 aliphatic heterocycles. The third kappa shape index (κ3) is 9.62. The molecular formula is C33H43N3O5S. The van der Waals surface area contributed by atoms with E-state index in [9.17, 15) is 18.0 Å². The summed E-state index contributed by atoms with van der Waals surface area (Å²) in [5.41, 5.74) is 3.47. The van der Waals surface area contributed by atoms with Gasteiger partial charge in [0.15, 0.2) is 0 Å². The summed E-state index contributed by atoms with van der Waals surface area (Å²) in [5, 5.41) is 3.07. The zero-order chi connectivity index (χ0) is 30.7. The summed E-state index contributed by atoms with van der Waals surface area (Å²) in [5.74, 6) is 0.206. The quantitative estimate of drug-likeness (QED) is 0.264. The minimum Gasteiger partial charge on any atom is -0.497 e. The average Bonchev–Trinajstić information content (AvgIpc) is 2.97. The topological polar surface area (TPSA) is 96.0 Å². The lowest BCUT2D eigenvalue weighted by Gasteiger charge is -2.32. The van der Waals surface area contributed by atoms with E-state index in [4.69, 9.17) is 4.74 Å². The molecule has 0 unspecified atom stereocenters. The van der Waals surface area contributed by atoms with Gasteiger partial charge in [-0.3, -0.25) is 13.9 Å². The second kappa shape index (κ2) is 15.4. The maximum absolute atomic E-state index is 13.9. The molecule has 2 atom stereocenters. The lowest BCUT2D eigenvalue weighted by molar-refractivity contribution is -0.141. The molecule has 0 spiro atoms. The van der Waals surface area contributed by atoms with Crippen LogP contribution in [0.5, 0.6) is 5.75 Å². The molecule has 3 rings (SSSR count). The highest BCUT2D eigenvalue weighted by Crippen LogP contribution is 2.23. The van der Waals surface area contributed by atoms with Crippen LogP contribution < -0.4 is 14.4 Å². The lowest BCUT2D eigenvalue weighted by atomic mass is 10.0. The first-order valence-electron chi connectivity index (χ1n) is 14.3. The van der Waals surface area contributed by atoms with E-state index in [0.717, 1.165) is 29.4 Å². The lowest BCUT2D eigenvalue weighted by Crippen LogP contribution is -2.52. The van der Waals surface area contributed by atoms with Gasteiger partial charge in [0.05, 0.1) is 19.1 Å². The Labute approximate surface area is 250 Å². The fraction of sp³-hybridized carbons (Fsp3) is 0.394. The summed E-state index contributed by atoms with van der Waals surface area (Å²) in [7, 11) is -2.04. The Morgan fingerprint density at radius 1 is 0.929 bits per heavy atom. The highest BCUT2D eigenvalue weighted by atomic mass is 32.2. The summed E-state index contributed by atoms with van der Waals surface area (Å²) in [6.45, 7) is 6.34. The second-order valence-corrected chi connectivity index (χ2v) is 12.6. The molecule has 3 aromatic rings. The van der Waals surface area contributed by atoms with Crippen LogP contribution >= 0.6 is 0 Å². The van der Waals surface area contributed by atoms with Crippen molar-refractivity contribution >= 4 is 27.5 Å². The molecule has 0 aliphatic carbocycles. The van der Waals surface area contributed by atoms with E-state index >= 15 is 0 Å². The summed E-state index contributed by atoms with van der Waals surface area (Å²) < 4.78 is 31.8. The van der Waals surface area contributed by atoms with Gasteiger partial charge in [0, 0.05) is 32.0 Å². The highest BCUT2D eigenvalue weighted by molar-refractivity contribution is 7.92. The molecular weight excluding hydrogens is 550 g/mol. The Balaban J connectivity index is 1.87. The summed E-state index contributed by atoms with van der Waals surface area (Å²) in [6.07, 6.45) is 2.64. The molecule has 0 radical (unpaired) electrons. The van der Waals surface area contributed by atoms with Crippen LogP contribution in [0.2, 0.25) is 0 Å². The Kier molecular flexibility index (Phi) is 12.0. The molecule has 0 fully saturated rings. The molecule has 2 amide bonds. The third-order valence-electron chi connectivity index (χ3n) is 7.26. The fourth-order valence-electron chi connectivity index (χ4n) is 4.64. The van der Waals surface area contributed by atoms with E-state index < -0.39 is 16.1 Å². The molecule has 8 nitrogen and oxygen atoms in total. The van der Waals surface area contributed by atoms with Crippen LogP contribution in [0.3, 0.4) is 0 Å². The van der Waals surface area contributed by atoms with Gasteiger partial charge in [-0.15, -0.1) is 0 Å². The molecule has 0 saturated carbocycles. The third-order valence-corrected chi connectivity index (χ3v) is 8.45. The number of nitrogens with zero attached hydrogens (tertiary/aromatic N) is 2. The standard InChI is InChI=1S/C33H43N3O5S/c1-6-26(3)34-33(38)31(23-27-11-8-7-9-12-27)35(24-28-16-14-25(2)15-17-28)32(37)13-10-22-36(42(5,39)40)29-18-20-30(41-4)21-19-29/h7-9,11-12,14-21,26,31H,6,10,13,22-24H2,1-5H3,(H,34,38)/t26-,31-/m0/s1. The number of benzene rings is 3. The molecule has 1 N–H and O–H groups in total. The van der Waals surface area contributed by atoms with Gasteiger partial charge in [-0.25, -0.2) is 8.42 Å². The molecule has 0 aromatic heterocycles. The molecule has 42 heavy (non-hydrogen) atoms. The van der Waals surface area contributed by atoms with Crippen molar-refractivity contribution in [1.29, 1.82) is 0 Å². The number of anilines is 1. The predicted molar refractivity (Wildman–Crippen MR) is 168 cm³/mol. The summed E-state index contributed by atoms with van der Waals surface area (Å²) >= 11 is 0. The number of aryl methyl sites for hydroxylation is 1. The number of amides is 2. The van der Waals surface area contributed by atoms with Crippen LogP contribution in [0.1, 0.15) is 49.8 Å². The first kappa shape index (κ1) is 32.7. The number of rotatable bonds is 15. The summed E-state index contributed by atoms with van der Waals surface area (Å²) in [4.78, 5) is 29.2. The molecule has 0 bridgehead atoms. The van der Waals surface area contributed by atoms with Crippen LogP contribution in [0.25, 0.3) is 0 Å². The van der Waals surface area contributed by atoms with E-state index in [-0.39, 0.29) is 43.8 Å². The second-order valence-electron chi connectivity index (χ2n) is 10.7. The van der Waals surface area contributed by atoms with Gasteiger partial charge in [0.2, 0.25) is 21.8 Å². The molecule has 226 valence electrons. The van der Waals surface area contributed by atoms with Gasteiger partial charge in [-0.2, -0.15) is 0 Å². The van der Waals surface area contributed by atoms with Crippen LogP contribution in [0.4, 0.5) is 5.69 Å². The molecule has 0 heterocycles. The zero-order valence-electron chi connectivity index (χ0n) is 25.2. The largest absolute Gasteiger partial charge is 0.497 e. The number of hydrogen-bond donors (Lipinski definition) is 1. The van der Waals surface area contributed by atoms with Gasteiger partial charge >= 0.3 is 0 Å². The highest BCUT2D eigenvalue weighted by Gasteiger charge is 2.31. The van der Waals surface area contributed by atoms with Gasteiger partial charge in [-0.1, -0.05) is 67.1 Å². The van der Waals surface area contributed by atoms with Crippen molar-refractivity contribution in [1.82, 2.24) is 10.2 Å². The van der Waals surface area contributed by atoms with Gasteiger partial charge in [-0.05, 0) is 62.1 Å². The van der Waals surface area contributed by atoms with E-state index in [1.165, 1.54) is 4.31 Å². The predicted octanol–water partition coefficient (Wildman–Crippen LogP) is 5.10. The van der Waals surface area contributed by atoms with Gasteiger partial charge in [0.1, 0.15) is 11.8 Å². The maximum Gasteiger partial charge on any atom is 0.243 e. The number of carbonyl (C=O) groups excluding carboxylic acids is 2. The van der Waals surface area contributed by atoms with Crippen LogP contribution in [0, 0.1) is 6.92 Å². The van der Waals surface area contributed by atoms with Crippen LogP contribution in [-0.2, 0) is 32.6 Å². The first-order chi connectivity index (χ1) is 20.0. The van der Waals surface area contributed by atoms with Crippen molar-refractivity contribution in [3.63, 3.8) is 0 Å². The first-order valence-corrected chi connectivity index (χ1v) is 16.2. The normalized spacial score (nSPS) is 12.7. The molecule has 0 saturated heterocycles. The number of sulfonamides is 1. The number of methoxy groups -OCH3 is 1. The van der Waals surface area contributed by atoms with Crippen molar-refractivity contribution in [3.8, 4) is 5.75 Å². The molecule has 0 aliphatic rings. The van der Waals surface area contributed by atoms with E-state index in [2.05, 4.69) is 5.32 Å². The van der Waals surface area contributed by atoms with Crippen molar-refractivity contribution < 1.29 is 22.7 Å². The van der Waals surface area contributed by atoms with Crippen molar-refractivity contribution in [2.75, 3.05) is 24.2 Å². The van der Waals surface area contributed by atoms with Gasteiger partial charge < -0.3 is 15.0 Å². The Morgan fingerprint density at radius 3 is 2.14 bits per heavy atom. The van der Waals surface area contributed by atoms with E-state index in [1.807, 2.05) is 75.4 Å². The number of hydrogen-bond acceptors (Lipinski definition) is 5. The number of carbonyl (C=O) groups is 2. The average molecular weight is 594 g/mol. The smallest absolute Gasteiger partial charge is 0.243 e. The van der Waals surface area contributed by atoms with Crippen molar-refractivity contribution in [3.05, 3.63) is 95.6 Å². The van der Waals surface area contributed by atoms with Crippen LogP contribution in [-0.4, -0.2) is 57.1 Å². The SMILES string of the molecule is CC[C@H](C)NC(=O)[C@H](Cc1ccccc1)N(Cc1ccc(C)cc1)C(=O)CCCN(c1ccc(OC)cc1)S(C)(=O)=O. The minimum atomic E-state index is -3.59. The van der Waals surface area contributed by atoms with E-state index in [0.29, 0.717) is 17.9 Å². The maximum atomic E-state index is 13.9. The van der Waals surface area contributed by atoms with Crippen molar-refractivity contribution in [2.24, 2.45) is 0 Å².